The van der Waals surface area contributed by atoms with Crippen molar-refractivity contribution in [2.24, 2.45) is 0 Å². The SMILES string of the molecule is CCCCC/C=C\C/C=C\C/C=C\CCCCCCCCC(=O)NC(CO)C(O)CCCCCCCCCCCCCCCCCCCCCCCCCCCC. The fourth-order valence-electron chi connectivity index (χ4n) is 7.96. The zero-order valence-corrected chi connectivity index (χ0v) is 38.6. The number of unbranched alkanes of at least 4 members (excludes halogenated alkanes) is 34. The maximum Gasteiger partial charge on any atom is 0.220 e. The predicted octanol–water partition coefficient (Wildman–Crippen LogP) is 16.5. The molecule has 4 nitrogen and oxygen atoms in total. The first-order chi connectivity index (χ1) is 28.2. The van der Waals surface area contributed by atoms with Gasteiger partial charge in [-0.2, -0.15) is 0 Å². The van der Waals surface area contributed by atoms with E-state index in [-0.39, 0.29) is 12.5 Å². The summed E-state index contributed by atoms with van der Waals surface area (Å²) in [7, 11) is 0. The quantitative estimate of drug-likeness (QED) is 0.0424. The second-order valence-electron chi connectivity index (χ2n) is 17.6. The van der Waals surface area contributed by atoms with Gasteiger partial charge in [0.1, 0.15) is 0 Å². The van der Waals surface area contributed by atoms with Gasteiger partial charge in [-0.25, -0.2) is 0 Å². The van der Waals surface area contributed by atoms with Crippen LogP contribution in [0, 0.1) is 0 Å². The molecule has 336 valence electrons. The van der Waals surface area contributed by atoms with Crippen LogP contribution in [0.25, 0.3) is 0 Å². The number of amides is 1. The molecule has 0 saturated heterocycles. The topological polar surface area (TPSA) is 69.6 Å². The van der Waals surface area contributed by atoms with Crippen molar-refractivity contribution in [2.75, 3.05) is 6.61 Å². The molecule has 3 N–H and O–H groups in total. The summed E-state index contributed by atoms with van der Waals surface area (Å²) in [5.74, 6) is -0.0414. The van der Waals surface area contributed by atoms with Crippen molar-refractivity contribution in [1.29, 1.82) is 0 Å². The van der Waals surface area contributed by atoms with Gasteiger partial charge < -0.3 is 15.5 Å². The minimum absolute atomic E-state index is 0.0414. The maximum absolute atomic E-state index is 12.4. The first kappa shape index (κ1) is 55.6. The lowest BCUT2D eigenvalue weighted by molar-refractivity contribution is -0.123. The summed E-state index contributed by atoms with van der Waals surface area (Å²) in [6.45, 7) is 4.35. The molecule has 0 radical (unpaired) electrons. The number of nitrogens with one attached hydrogen (secondary N) is 1. The van der Waals surface area contributed by atoms with Crippen molar-refractivity contribution in [3.8, 4) is 0 Å². The van der Waals surface area contributed by atoms with Crippen molar-refractivity contribution >= 4 is 5.91 Å². The summed E-state index contributed by atoms with van der Waals surface area (Å²) in [4.78, 5) is 12.4. The largest absolute Gasteiger partial charge is 0.394 e. The van der Waals surface area contributed by atoms with Gasteiger partial charge in [-0.15, -0.1) is 0 Å². The van der Waals surface area contributed by atoms with E-state index in [9.17, 15) is 15.0 Å². The number of hydrogen-bond donors (Lipinski definition) is 3. The second kappa shape index (κ2) is 49.0. The van der Waals surface area contributed by atoms with Gasteiger partial charge in [-0.3, -0.25) is 4.79 Å². The fourth-order valence-corrected chi connectivity index (χ4v) is 7.96. The highest BCUT2D eigenvalue weighted by molar-refractivity contribution is 5.76. The zero-order chi connectivity index (χ0) is 41.4. The molecule has 0 aliphatic heterocycles. The summed E-state index contributed by atoms with van der Waals surface area (Å²) < 4.78 is 0. The third kappa shape index (κ3) is 45.5. The molecule has 0 aromatic rings. The third-order valence-corrected chi connectivity index (χ3v) is 11.9. The second-order valence-corrected chi connectivity index (χ2v) is 17.6. The number of aliphatic hydroxyl groups is 2. The number of carbonyl (C=O) groups excluding carboxylic acids is 1. The fraction of sp³-hybridized carbons (Fsp3) is 0.868. The molecule has 4 heteroatoms. The van der Waals surface area contributed by atoms with Crippen LogP contribution in [0.4, 0.5) is 0 Å². The van der Waals surface area contributed by atoms with Gasteiger partial charge in [0.05, 0.1) is 18.8 Å². The molecule has 2 unspecified atom stereocenters. The van der Waals surface area contributed by atoms with E-state index in [1.54, 1.807) is 0 Å². The van der Waals surface area contributed by atoms with E-state index in [2.05, 4.69) is 55.6 Å². The maximum atomic E-state index is 12.4. The van der Waals surface area contributed by atoms with E-state index in [1.807, 2.05) is 0 Å². The van der Waals surface area contributed by atoms with Crippen LogP contribution in [0.2, 0.25) is 0 Å². The molecule has 0 aliphatic rings. The van der Waals surface area contributed by atoms with Crippen LogP contribution in [0.5, 0.6) is 0 Å². The van der Waals surface area contributed by atoms with Gasteiger partial charge >= 0.3 is 0 Å². The minimum Gasteiger partial charge on any atom is -0.394 e. The highest BCUT2D eigenvalue weighted by Crippen LogP contribution is 2.17. The molecule has 0 aromatic heterocycles. The lowest BCUT2D eigenvalue weighted by Gasteiger charge is -2.22. The van der Waals surface area contributed by atoms with Crippen molar-refractivity contribution in [1.82, 2.24) is 5.32 Å². The van der Waals surface area contributed by atoms with E-state index in [1.165, 1.54) is 199 Å². The van der Waals surface area contributed by atoms with Gasteiger partial charge in [0.25, 0.3) is 0 Å². The van der Waals surface area contributed by atoms with Gasteiger partial charge in [0, 0.05) is 6.42 Å². The van der Waals surface area contributed by atoms with Gasteiger partial charge in [-0.1, -0.05) is 256 Å². The zero-order valence-electron chi connectivity index (χ0n) is 38.6. The molecule has 1 amide bonds. The van der Waals surface area contributed by atoms with Crippen molar-refractivity contribution in [2.45, 2.75) is 289 Å². The summed E-state index contributed by atoms with van der Waals surface area (Å²) in [6.07, 6.45) is 65.4. The molecule has 0 aromatic carbocycles. The number of allylic oxidation sites excluding steroid dienone is 6. The van der Waals surface area contributed by atoms with Crippen LogP contribution >= 0.6 is 0 Å². The number of aliphatic hydroxyl groups excluding tert-OH is 2. The Morgan fingerprint density at radius 2 is 0.719 bits per heavy atom. The molecule has 0 spiro atoms. The molecule has 2 atom stereocenters. The highest BCUT2D eigenvalue weighted by Gasteiger charge is 2.20. The van der Waals surface area contributed by atoms with Gasteiger partial charge in [-0.05, 0) is 51.4 Å². The van der Waals surface area contributed by atoms with Crippen LogP contribution in [0.15, 0.2) is 36.5 Å². The standard InChI is InChI=1S/C53H101NO3/c1-3-5-7-9-11-13-15-17-19-21-23-24-25-26-27-28-29-31-32-34-36-38-40-42-44-46-48-52(56)51(50-55)54-53(57)49-47-45-43-41-39-37-35-33-30-22-20-18-16-14-12-10-8-6-4-2/h12,14,18,20,30,33,51-52,55-56H,3-11,13,15-17,19,21-29,31-32,34-50H2,1-2H3,(H,54,57)/b14-12-,20-18-,33-30-. The summed E-state index contributed by atoms with van der Waals surface area (Å²) in [5, 5.41) is 23.3. The molecular weight excluding hydrogens is 699 g/mol. The first-order valence-electron chi connectivity index (χ1n) is 25.7. The minimum atomic E-state index is -0.666. The van der Waals surface area contributed by atoms with E-state index >= 15 is 0 Å². The lowest BCUT2D eigenvalue weighted by atomic mass is 10.0. The van der Waals surface area contributed by atoms with Crippen LogP contribution < -0.4 is 5.32 Å². The Hall–Kier alpha value is -1.39. The summed E-state index contributed by atoms with van der Waals surface area (Å²) in [5.41, 5.74) is 0. The average molecular weight is 800 g/mol. The molecule has 0 rings (SSSR count). The van der Waals surface area contributed by atoms with Crippen LogP contribution in [0.3, 0.4) is 0 Å². The average Bonchev–Trinajstić information content (AvgIpc) is 3.22. The third-order valence-electron chi connectivity index (χ3n) is 11.9. The Balaban J connectivity index is 3.48. The van der Waals surface area contributed by atoms with Gasteiger partial charge in [0.2, 0.25) is 5.91 Å². The van der Waals surface area contributed by atoms with E-state index in [4.69, 9.17) is 0 Å². The van der Waals surface area contributed by atoms with Crippen molar-refractivity contribution < 1.29 is 15.0 Å². The van der Waals surface area contributed by atoms with Gasteiger partial charge in [0.15, 0.2) is 0 Å². The molecule has 0 bridgehead atoms. The highest BCUT2D eigenvalue weighted by atomic mass is 16.3. The molecule has 0 saturated carbocycles. The first-order valence-corrected chi connectivity index (χ1v) is 25.7. The normalized spacial score (nSPS) is 13.1. The smallest absolute Gasteiger partial charge is 0.220 e. The molecular formula is C53H101NO3. The Morgan fingerprint density at radius 3 is 1.11 bits per heavy atom. The van der Waals surface area contributed by atoms with Crippen LogP contribution in [-0.2, 0) is 4.79 Å². The molecule has 57 heavy (non-hydrogen) atoms. The lowest BCUT2D eigenvalue weighted by Crippen LogP contribution is -2.45. The Morgan fingerprint density at radius 1 is 0.421 bits per heavy atom. The van der Waals surface area contributed by atoms with Crippen LogP contribution in [-0.4, -0.2) is 34.9 Å². The molecule has 0 aliphatic carbocycles. The molecule has 0 heterocycles. The summed E-state index contributed by atoms with van der Waals surface area (Å²) >= 11 is 0. The monoisotopic (exact) mass is 800 g/mol. The Bertz CT molecular complexity index is 866. The number of carbonyl (C=O) groups is 1. The van der Waals surface area contributed by atoms with Crippen LogP contribution in [0.1, 0.15) is 277 Å². The Kier molecular flexibility index (Phi) is 47.8. The van der Waals surface area contributed by atoms with E-state index in [0.29, 0.717) is 12.8 Å². The predicted molar refractivity (Wildman–Crippen MR) is 253 cm³/mol. The molecule has 0 fully saturated rings. The summed E-state index contributed by atoms with van der Waals surface area (Å²) in [6, 6.07) is -0.544. The van der Waals surface area contributed by atoms with Crippen molar-refractivity contribution in [3.63, 3.8) is 0 Å². The van der Waals surface area contributed by atoms with E-state index in [0.717, 1.165) is 51.4 Å². The number of hydrogen-bond acceptors (Lipinski definition) is 3. The van der Waals surface area contributed by atoms with E-state index < -0.39 is 12.1 Å². The van der Waals surface area contributed by atoms with Crippen molar-refractivity contribution in [3.05, 3.63) is 36.5 Å². The number of rotatable bonds is 47. The Labute approximate surface area is 357 Å².